The van der Waals surface area contributed by atoms with Crippen molar-refractivity contribution in [1.29, 1.82) is 0 Å². The van der Waals surface area contributed by atoms with E-state index in [1.54, 1.807) is 12.1 Å². The van der Waals surface area contributed by atoms with Gasteiger partial charge in [-0.05, 0) is 42.0 Å². The van der Waals surface area contributed by atoms with Crippen LogP contribution in [0.4, 0.5) is 0 Å². The van der Waals surface area contributed by atoms with Gasteiger partial charge in [0.1, 0.15) is 11.5 Å². The molecular weight excluding hydrogens is 328 g/mol. The lowest BCUT2D eigenvalue weighted by atomic mass is 10.0. The Kier molecular flexibility index (Phi) is 7.87. The minimum absolute atomic E-state index is 0.111. The van der Waals surface area contributed by atoms with Gasteiger partial charge in [-0.1, -0.05) is 49.4 Å². The molecule has 0 unspecified atom stereocenters. The summed E-state index contributed by atoms with van der Waals surface area (Å²) in [6.07, 6.45) is 3.05. The summed E-state index contributed by atoms with van der Waals surface area (Å²) in [5, 5.41) is 9.68. The van der Waals surface area contributed by atoms with Gasteiger partial charge in [0.15, 0.2) is 0 Å². The molecule has 0 fully saturated rings. The zero-order valence-corrected chi connectivity index (χ0v) is 15.2. The molecule has 0 aliphatic carbocycles. The highest BCUT2D eigenvalue weighted by molar-refractivity contribution is 5.78. The van der Waals surface area contributed by atoms with Gasteiger partial charge >= 0.3 is 5.97 Å². The van der Waals surface area contributed by atoms with E-state index in [9.17, 15) is 14.7 Å². The van der Waals surface area contributed by atoms with Gasteiger partial charge in [0.25, 0.3) is 0 Å². The van der Waals surface area contributed by atoms with Crippen LogP contribution in [0.15, 0.2) is 48.5 Å². The number of carbonyl (C=O) groups excluding carboxylic acids is 2. The van der Waals surface area contributed by atoms with Crippen LogP contribution < -0.4 is 0 Å². The lowest BCUT2D eigenvalue weighted by molar-refractivity contribution is -0.143. The standard InChI is InChI=1S/C22H26O4/c1-2-17-9-11-18(12-10-17)16-22(25)26-15-5-7-20(23)14-13-19-6-3-4-8-21(19)24/h3-4,6,8-12,24H,2,5,7,13-16H2,1H3. The molecule has 0 spiro atoms. The van der Waals surface area contributed by atoms with E-state index < -0.39 is 0 Å². The minimum Gasteiger partial charge on any atom is -0.508 e. The number of carbonyl (C=O) groups is 2. The fourth-order valence-corrected chi connectivity index (χ4v) is 2.69. The van der Waals surface area contributed by atoms with Crippen molar-refractivity contribution < 1.29 is 19.4 Å². The number of aryl methyl sites for hydroxylation is 2. The second-order valence-electron chi connectivity index (χ2n) is 6.34. The van der Waals surface area contributed by atoms with E-state index in [1.165, 1.54) is 5.56 Å². The van der Waals surface area contributed by atoms with Crippen LogP contribution in [-0.2, 0) is 33.6 Å². The molecule has 0 radical (unpaired) electrons. The van der Waals surface area contributed by atoms with Crippen LogP contribution in [0.25, 0.3) is 0 Å². The maximum Gasteiger partial charge on any atom is 0.310 e. The Balaban J connectivity index is 1.60. The topological polar surface area (TPSA) is 63.6 Å². The number of hydrogen-bond acceptors (Lipinski definition) is 4. The molecule has 0 aliphatic rings. The van der Waals surface area contributed by atoms with Gasteiger partial charge in [0.2, 0.25) is 0 Å². The molecule has 4 nitrogen and oxygen atoms in total. The van der Waals surface area contributed by atoms with Gasteiger partial charge in [-0.25, -0.2) is 0 Å². The second kappa shape index (κ2) is 10.4. The van der Waals surface area contributed by atoms with E-state index in [-0.39, 0.29) is 30.5 Å². The van der Waals surface area contributed by atoms with Crippen molar-refractivity contribution in [3.63, 3.8) is 0 Å². The smallest absolute Gasteiger partial charge is 0.310 e. The van der Waals surface area contributed by atoms with Gasteiger partial charge in [-0.2, -0.15) is 0 Å². The number of aromatic hydroxyl groups is 1. The van der Waals surface area contributed by atoms with E-state index in [2.05, 4.69) is 6.92 Å². The van der Waals surface area contributed by atoms with E-state index in [0.29, 0.717) is 25.7 Å². The summed E-state index contributed by atoms with van der Waals surface area (Å²) >= 11 is 0. The number of ether oxygens (including phenoxy) is 1. The fraction of sp³-hybridized carbons (Fsp3) is 0.364. The van der Waals surface area contributed by atoms with Crippen LogP contribution in [0.1, 0.15) is 42.9 Å². The third-order valence-electron chi connectivity index (χ3n) is 4.31. The first-order valence-corrected chi connectivity index (χ1v) is 9.10. The van der Waals surface area contributed by atoms with Crippen molar-refractivity contribution in [2.75, 3.05) is 6.61 Å². The van der Waals surface area contributed by atoms with Crippen LogP contribution >= 0.6 is 0 Å². The number of phenolic OH excluding ortho intramolecular Hbond substituents is 1. The molecule has 0 aromatic heterocycles. The van der Waals surface area contributed by atoms with Gasteiger partial charge in [0, 0.05) is 12.8 Å². The summed E-state index contributed by atoms with van der Waals surface area (Å²) in [7, 11) is 0. The summed E-state index contributed by atoms with van der Waals surface area (Å²) in [5.41, 5.74) is 2.96. The molecule has 0 amide bonds. The lowest BCUT2D eigenvalue weighted by Gasteiger charge is -2.06. The highest BCUT2D eigenvalue weighted by Gasteiger charge is 2.08. The zero-order valence-electron chi connectivity index (χ0n) is 15.2. The Morgan fingerprint density at radius 3 is 2.35 bits per heavy atom. The first kappa shape index (κ1) is 19.7. The summed E-state index contributed by atoms with van der Waals surface area (Å²) < 4.78 is 5.20. The first-order valence-electron chi connectivity index (χ1n) is 9.10. The number of Topliss-reactive ketones (excluding diaryl/α,β-unsaturated/α-hetero) is 1. The summed E-state index contributed by atoms with van der Waals surface area (Å²) in [6.45, 7) is 2.35. The Morgan fingerprint density at radius 1 is 0.962 bits per heavy atom. The molecular formula is C22H26O4. The van der Waals surface area contributed by atoms with Crippen molar-refractivity contribution in [3.8, 4) is 5.75 Å². The molecule has 0 bridgehead atoms. The van der Waals surface area contributed by atoms with E-state index >= 15 is 0 Å². The van der Waals surface area contributed by atoms with Crippen LogP contribution in [-0.4, -0.2) is 23.5 Å². The lowest BCUT2D eigenvalue weighted by Crippen LogP contribution is -2.10. The summed E-state index contributed by atoms with van der Waals surface area (Å²) in [6, 6.07) is 15.0. The molecule has 4 heteroatoms. The largest absolute Gasteiger partial charge is 0.508 e. The summed E-state index contributed by atoms with van der Waals surface area (Å²) in [4.78, 5) is 23.7. The van der Waals surface area contributed by atoms with Gasteiger partial charge in [-0.3, -0.25) is 9.59 Å². The first-order chi connectivity index (χ1) is 12.6. The molecule has 0 saturated heterocycles. The second-order valence-corrected chi connectivity index (χ2v) is 6.34. The molecule has 1 N–H and O–H groups in total. The number of ketones is 1. The van der Waals surface area contributed by atoms with Crippen LogP contribution in [0.2, 0.25) is 0 Å². The Bertz CT molecular complexity index is 719. The van der Waals surface area contributed by atoms with Gasteiger partial charge in [0.05, 0.1) is 13.0 Å². The van der Waals surface area contributed by atoms with Crippen molar-refractivity contribution in [2.24, 2.45) is 0 Å². The van der Waals surface area contributed by atoms with Crippen LogP contribution in [0.3, 0.4) is 0 Å². The van der Waals surface area contributed by atoms with Crippen LogP contribution in [0, 0.1) is 0 Å². The van der Waals surface area contributed by atoms with Crippen LogP contribution in [0.5, 0.6) is 5.75 Å². The Morgan fingerprint density at radius 2 is 1.65 bits per heavy atom. The number of hydrogen-bond donors (Lipinski definition) is 1. The predicted molar refractivity (Wildman–Crippen MR) is 101 cm³/mol. The Labute approximate surface area is 154 Å². The van der Waals surface area contributed by atoms with Crippen molar-refractivity contribution >= 4 is 11.8 Å². The molecule has 0 atom stereocenters. The van der Waals surface area contributed by atoms with Gasteiger partial charge in [-0.15, -0.1) is 0 Å². The number of benzene rings is 2. The monoisotopic (exact) mass is 354 g/mol. The predicted octanol–water partition coefficient (Wildman–Crippen LogP) is 4.02. The molecule has 26 heavy (non-hydrogen) atoms. The van der Waals surface area contributed by atoms with E-state index in [4.69, 9.17) is 4.74 Å². The zero-order chi connectivity index (χ0) is 18.8. The molecule has 0 aliphatic heterocycles. The van der Waals surface area contributed by atoms with E-state index in [1.807, 2.05) is 36.4 Å². The summed E-state index contributed by atoms with van der Waals surface area (Å²) in [5.74, 6) is 0.0663. The number of esters is 1. The highest BCUT2D eigenvalue weighted by atomic mass is 16.5. The molecule has 2 aromatic rings. The highest BCUT2D eigenvalue weighted by Crippen LogP contribution is 2.17. The molecule has 0 saturated carbocycles. The minimum atomic E-state index is -0.268. The van der Waals surface area contributed by atoms with Crippen molar-refractivity contribution in [2.45, 2.75) is 45.4 Å². The third kappa shape index (κ3) is 6.71. The SMILES string of the molecule is CCc1ccc(CC(=O)OCCCC(=O)CCc2ccccc2O)cc1. The average molecular weight is 354 g/mol. The third-order valence-corrected chi connectivity index (χ3v) is 4.31. The van der Waals surface area contributed by atoms with Crippen molar-refractivity contribution in [1.82, 2.24) is 0 Å². The van der Waals surface area contributed by atoms with Crippen molar-refractivity contribution in [3.05, 3.63) is 65.2 Å². The maximum atomic E-state index is 11.9. The molecule has 0 heterocycles. The normalized spacial score (nSPS) is 10.5. The average Bonchev–Trinajstić information content (AvgIpc) is 2.65. The van der Waals surface area contributed by atoms with Gasteiger partial charge < -0.3 is 9.84 Å². The molecule has 2 rings (SSSR count). The number of rotatable bonds is 10. The maximum absolute atomic E-state index is 11.9. The fourth-order valence-electron chi connectivity index (χ4n) is 2.69. The molecule has 138 valence electrons. The molecule has 2 aromatic carbocycles. The number of phenols is 1. The quantitative estimate of drug-likeness (QED) is 0.517. The van der Waals surface area contributed by atoms with E-state index in [0.717, 1.165) is 17.5 Å². The number of para-hydroxylation sites is 1. The Hall–Kier alpha value is -2.62.